The van der Waals surface area contributed by atoms with Gasteiger partial charge in [0.25, 0.3) is 0 Å². The Balaban J connectivity index is 2.14. The maximum Gasteiger partial charge on any atom is 0.312 e. The van der Waals surface area contributed by atoms with Crippen molar-refractivity contribution in [3.8, 4) is 0 Å². The van der Waals surface area contributed by atoms with Crippen molar-refractivity contribution in [2.24, 2.45) is 5.41 Å². The average Bonchev–Trinajstić information content (AvgIpc) is 2.65. The van der Waals surface area contributed by atoms with E-state index in [0.717, 1.165) is 23.8 Å². The lowest BCUT2D eigenvalue weighted by Gasteiger charge is -2.34. The van der Waals surface area contributed by atoms with Gasteiger partial charge in [-0.1, -0.05) is 56.3 Å². The third-order valence-electron chi connectivity index (χ3n) is 5.75. The number of rotatable bonds is 5. The molecule has 3 rings (SSSR count). The lowest BCUT2D eigenvalue weighted by Crippen LogP contribution is -2.35. The highest BCUT2D eigenvalue weighted by Crippen LogP contribution is 2.38. The van der Waals surface area contributed by atoms with Crippen molar-refractivity contribution in [2.75, 3.05) is 0 Å². The maximum absolute atomic E-state index is 12.8. The van der Waals surface area contributed by atoms with E-state index in [1.54, 1.807) is 0 Å². The number of benzene rings is 3. The zero-order chi connectivity index (χ0) is 18.9. The summed E-state index contributed by atoms with van der Waals surface area (Å²) in [5.41, 5.74) is -0.0531. The summed E-state index contributed by atoms with van der Waals surface area (Å²) in [4.78, 5) is 12.8. The number of hydrogen-bond acceptors (Lipinski definition) is 2. The number of carbonyl (C=O) groups is 1. The first-order chi connectivity index (χ1) is 12.3. The summed E-state index contributed by atoms with van der Waals surface area (Å²) in [5, 5.41) is 4.75. The first-order valence-electron chi connectivity index (χ1n) is 9.46. The molecule has 1 atom stereocenters. The normalized spacial score (nSPS) is 14.3. The van der Waals surface area contributed by atoms with Crippen molar-refractivity contribution in [1.82, 2.24) is 0 Å². The standard InChI is InChI=1S/C24H28O2/c1-6-23(3,4)22(25)26-24(5,7-2)21-14-10-13-19-15-17-11-8-9-12-18(17)16-20(19)21/h8-16H,6-7H2,1-5H3. The molecular weight excluding hydrogens is 320 g/mol. The highest BCUT2D eigenvalue weighted by molar-refractivity contribution is 6.00. The number of fused-ring (bicyclic) bond motifs is 2. The van der Waals surface area contributed by atoms with Crippen LogP contribution in [-0.4, -0.2) is 5.97 Å². The summed E-state index contributed by atoms with van der Waals surface area (Å²) in [6, 6.07) is 19.1. The van der Waals surface area contributed by atoms with E-state index in [-0.39, 0.29) is 5.97 Å². The molecule has 0 saturated heterocycles. The third kappa shape index (κ3) is 3.21. The van der Waals surface area contributed by atoms with Gasteiger partial charge in [0.05, 0.1) is 5.41 Å². The molecule has 3 aromatic rings. The van der Waals surface area contributed by atoms with Crippen LogP contribution in [0.5, 0.6) is 0 Å². The van der Waals surface area contributed by atoms with E-state index in [9.17, 15) is 4.79 Å². The molecule has 26 heavy (non-hydrogen) atoms. The third-order valence-corrected chi connectivity index (χ3v) is 5.75. The molecule has 0 fully saturated rings. The van der Waals surface area contributed by atoms with Crippen LogP contribution in [0, 0.1) is 5.41 Å². The zero-order valence-electron chi connectivity index (χ0n) is 16.4. The first-order valence-corrected chi connectivity index (χ1v) is 9.46. The molecular formula is C24H28O2. The monoisotopic (exact) mass is 348 g/mol. The SMILES string of the molecule is CCC(C)(C)C(=O)OC(C)(CC)c1cccc2cc3ccccc3cc12. The lowest BCUT2D eigenvalue weighted by atomic mass is 9.86. The molecule has 0 N–H and O–H groups in total. The Morgan fingerprint density at radius 3 is 2.08 bits per heavy atom. The smallest absolute Gasteiger partial charge is 0.312 e. The summed E-state index contributed by atoms with van der Waals surface area (Å²) in [6.45, 7) is 10.0. The minimum Gasteiger partial charge on any atom is -0.454 e. The van der Waals surface area contributed by atoms with E-state index in [1.165, 1.54) is 16.2 Å². The zero-order valence-corrected chi connectivity index (χ0v) is 16.4. The van der Waals surface area contributed by atoms with E-state index in [1.807, 2.05) is 27.7 Å². The molecule has 0 aliphatic carbocycles. The van der Waals surface area contributed by atoms with Gasteiger partial charge < -0.3 is 4.74 Å². The second-order valence-corrected chi connectivity index (χ2v) is 7.94. The minimum atomic E-state index is -0.647. The predicted octanol–water partition coefficient (Wildman–Crippen LogP) is 6.60. The highest BCUT2D eigenvalue weighted by Gasteiger charge is 2.36. The number of ether oxygens (including phenoxy) is 1. The second kappa shape index (κ2) is 6.75. The molecule has 1 unspecified atom stereocenters. The number of hydrogen-bond donors (Lipinski definition) is 0. The minimum absolute atomic E-state index is 0.137. The number of carbonyl (C=O) groups excluding carboxylic acids is 1. The molecule has 0 saturated carbocycles. The van der Waals surface area contributed by atoms with Crippen molar-refractivity contribution in [2.45, 2.75) is 53.1 Å². The quantitative estimate of drug-likeness (QED) is 0.383. The van der Waals surface area contributed by atoms with Gasteiger partial charge in [-0.25, -0.2) is 0 Å². The van der Waals surface area contributed by atoms with Gasteiger partial charge in [-0.15, -0.1) is 0 Å². The van der Waals surface area contributed by atoms with Crippen LogP contribution in [0.3, 0.4) is 0 Å². The van der Waals surface area contributed by atoms with Crippen LogP contribution in [0.1, 0.15) is 53.0 Å². The molecule has 0 amide bonds. The van der Waals surface area contributed by atoms with Crippen molar-refractivity contribution >= 4 is 27.5 Å². The van der Waals surface area contributed by atoms with E-state index in [2.05, 4.69) is 61.5 Å². The van der Waals surface area contributed by atoms with E-state index >= 15 is 0 Å². The molecule has 2 nitrogen and oxygen atoms in total. The molecule has 0 spiro atoms. The number of esters is 1. The van der Waals surface area contributed by atoms with Crippen LogP contribution in [-0.2, 0) is 15.1 Å². The predicted molar refractivity (Wildman–Crippen MR) is 109 cm³/mol. The Labute approximate surface area is 156 Å². The average molecular weight is 348 g/mol. The Kier molecular flexibility index (Phi) is 4.79. The summed E-state index contributed by atoms with van der Waals surface area (Å²) in [7, 11) is 0. The molecule has 0 bridgehead atoms. The van der Waals surface area contributed by atoms with Crippen molar-refractivity contribution in [1.29, 1.82) is 0 Å². The topological polar surface area (TPSA) is 26.3 Å². The molecule has 3 aromatic carbocycles. The van der Waals surface area contributed by atoms with Gasteiger partial charge in [0.2, 0.25) is 0 Å². The van der Waals surface area contributed by atoms with Crippen LogP contribution >= 0.6 is 0 Å². The van der Waals surface area contributed by atoms with Crippen LogP contribution < -0.4 is 0 Å². The molecule has 2 heteroatoms. The fraction of sp³-hybridized carbons (Fsp3) is 0.375. The molecule has 0 aliphatic heterocycles. The van der Waals surface area contributed by atoms with E-state index in [4.69, 9.17) is 4.74 Å². The van der Waals surface area contributed by atoms with Gasteiger partial charge in [-0.2, -0.15) is 0 Å². The molecule has 0 heterocycles. The van der Waals surface area contributed by atoms with Crippen LogP contribution in [0.25, 0.3) is 21.5 Å². The Bertz CT molecular complexity index is 955. The van der Waals surface area contributed by atoms with Gasteiger partial charge in [0.15, 0.2) is 0 Å². The van der Waals surface area contributed by atoms with Crippen LogP contribution in [0.4, 0.5) is 0 Å². The van der Waals surface area contributed by atoms with Crippen LogP contribution in [0.15, 0.2) is 54.6 Å². The summed E-state index contributed by atoms with van der Waals surface area (Å²) in [6.07, 6.45) is 1.48. The van der Waals surface area contributed by atoms with Crippen LogP contribution in [0.2, 0.25) is 0 Å². The highest BCUT2D eigenvalue weighted by atomic mass is 16.6. The fourth-order valence-corrected chi connectivity index (χ4v) is 3.23. The van der Waals surface area contributed by atoms with Gasteiger partial charge in [-0.3, -0.25) is 4.79 Å². The lowest BCUT2D eigenvalue weighted by molar-refractivity contribution is -0.170. The van der Waals surface area contributed by atoms with E-state index in [0.29, 0.717) is 0 Å². The van der Waals surface area contributed by atoms with Crippen molar-refractivity contribution in [3.63, 3.8) is 0 Å². The Morgan fingerprint density at radius 2 is 1.46 bits per heavy atom. The fourth-order valence-electron chi connectivity index (χ4n) is 3.23. The Hall–Kier alpha value is -2.35. The largest absolute Gasteiger partial charge is 0.454 e. The van der Waals surface area contributed by atoms with Gasteiger partial charge in [0, 0.05) is 5.56 Å². The molecule has 0 aliphatic rings. The van der Waals surface area contributed by atoms with Gasteiger partial charge in [-0.05, 0) is 67.3 Å². The second-order valence-electron chi connectivity index (χ2n) is 7.94. The first kappa shape index (κ1) is 18.4. The van der Waals surface area contributed by atoms with E-state index < -0.39 is 11.0 Å². The molecule has 0 radical (unpaired) electrons. The molecule has 136 valence electrons. The summed E-state index contributed by atoms with van der Waals surface area (Å²) < 4.78 is 6.11. The maximum atomic E-state index is 12.8. The summed E-state index contributed by atoms with van der Waals surface area (Å²) >= 11 is 0. The summed E-state index contributed by atoms with van der Waals surface area (Å²) in [5.74, 6) is -0.137. The Morgan fingerprint density at radius 1 is 0.846 bits per heavy atom. The van der Waals surface area contributed by atoms with Crippen molar-refractivity contribution in [3.05, 3.63) is 60.2 Å². The van der Waals surface area contributed by atoms with Crippen molar-refractivity contribution < 1.29 is 9.53 Å². The van der Waals surface area contributed by atoms with Gasteiger partial charge in [0.1, 0.15) is 5.60 Å². The van der Waals surface area contributed by atoms with Gasteiger partial charge >= 0.3 is 5.97 Å². The molecule has 0 aromatic heterocycles.